The molecule has 0 amide bonds. The minimum absolute atomic E-state index is 0.250. The van der Waals surface area contributed by atoms with Crippen LogP contribution in [0.15, 0.2) is 0 Å². The lowest BCUT2D eigenvalue weighted by atomic mass is 9.89. The predicted molar refractivity (Wildman–Crippen MR) is 221 cm³/mol. The van der Waals surface area contributed by atoms with Crippen LogP contribution in [0.5, 0.6) is 0 Å². The van der Waals surface area contributed by atoms with Gasteiger partial charge in [0.15, 0.2) is 0 Å². The maximum absolute atomic E-state index is 9.59. The van der Waals surface area contributed by atoms with Crippen molar-refractivity contribution in [1.29, 1.82) is 0 Å². The minimum Gasteiger partial charge on any atom is -0.483 e. The summed E-state index contributed by atoms with van der Waals surface area (Å²) in [5.74, 6) is 3.19. The first-order chi connectivity index (χ1) is 25.1. The molecule has 1 saturated carbocycles. The van der Waals surface area contributed by atoms with E-state index in [2.05, 4.69) is 25.7 Å². The van der Waals surface area contributed by atoms with Crippen LogP contribution in [0, 0.1) is 17.8 Å². The SMILES string of the molecule is CCCCCCCCC(CCCCCCCC)CCCCCCCN(CCO)CCCCCCCC1CC1CCCCCCC.O=CO.O=CO. The van der Waals surface area contributed by atoms with E-state index in [1.54, 1.807) is 6.42 Å². The van der Waals surface area contributed by atoms with Crippen molar-refractivity contribution in [3.8, 4) is 0 Å². The summed E-state index contributed by atoms with van der Waals surface area (Å²) in [6, 6.07) is 0. The summed E-state index contributed by atoms with van der Waals surface area (Å²) >= 11 is 0. The normalized spacial score (nSPS) is 14.9. The molecule has 0 saturated heterocycles. The number of carboxylic acid groups (broad SMARTS) is 2. The Morgan fingerprint density at radius 3 is 1.10 bits per heavy atom. The van der Waals surface area contributed by atoms with Gasteiger partial charge < -0.3 is 20.2 Å². The molecule has 0 aromatic rings. The molecule has 2 unspecified atom stereocenters. The van der Waals surface area contributed by atoms with Gasteiger partial charge in [-0.25, -0.2) is 0 Å². The molecule has 0 bridgehead atoms. The third-order valence-corrected chi connectivity index (χ3v) is 11.2. The van der Waals surface area contributed by atoms with Gasteiger partial charge in [-0.15, -0.1) is 0 Å². The summed E-state index contributed by atoms with van der Waals surface area (Å²) < 4.78 is 0. The molecule has 2 atom stereocenters. The van der Waals surface area contributed by atoms with E-state index < -0.39 is 0 Å². The van der Waals surface area contributed by atoms with Gasteiger partial charge in [0.2, 0.25) is 0 Å². The van der Waals surface area contributed by atoms with Crippen LogP contribution in [0.4, 0.5) is 0 Å². The average Bonchev–Trinajstić information content (AvgIpc) is 3.88. The molecule has 1 rings (SSSR count). The third-order valence-electron chi connectivity index (χ3n) is 11.2. The summed E-state index contributed by atoms with van der Waals surface area (Å²) in [5, 5.41) is 23.4. The van der Waals surface area contributed by atoms with Gasteiger partial charge in [-0.2, -0.15) is 0 Å². The van der Waals surface area contributed by atoms with Gasteiger partial charge in [-0.3, -0.25) is 9.59 Å². The molecular formula is C45H91NO5. The van der Waals surface area contributed by atoms with E-state index in [4.69, 9.17) is 19.8 Å². The fourth-order valence-corrected chi connectivity index (χ4v) is 7.94. The Kier molecular flexibility index (Phi) is 45.9. The monoisotopic (exact) mass is 726 g/mol. The average molecular weight is 726 g/mol. The van der Waals surface area contributed by atoms with Gasteiger partial charge in [-0.05, 0) is 50.1 Å². The lowest BCUT2D eigenvalue weighted by Crippen LogP contribution is -2.29. The first-order valence-electron chi connectivity index (χ1n) is 22.6. The smallest absolute Gasteiger partial charge is 0.290 e. The summed E-state index contributed by atoms with van der Waals surface area (Å²) in [4.78, 5) is 19.3. The zero-order valence-electron chi connectivity index (χ0n) is 34.7. The Bertz CT molecular complexity index is 641. The Morgan fingerprint density at radius 2 is 0.765 bits per heavy atom. The molecule has 0 spiro atoms. The predicted octanol–water partition coefficient (Wildman–Crippen LogP) is 13.5. The maximum Gasteiger partial charge on any atom is 0.290 e. The molecule has 1 aliphatic carbocycles. The molecule has 0 aromatic heterocycles. The van der Waals surface area contributed by atoms with Crippen LogP contribution in [0.25, 0.3) is 0 Å². The van der Waals surface area contributed by atoms with E-state index in [1.807, 2.05) is 0 Å². The molecule has 0 aromatic carbocycles. The van der Waals surface area contributed by atoms with Crippen molar-refractivity contribution in [2.45, 2.75) is 233 Å². The number of rotatable bonds is 38. The lowest BCUT2D eigenvalue weighted by Gasteiger charge is -2.21. The van der Waals surface area contributed by atoms with Crippen LogP contribution in [0.2, 0.25) is 0 Å². The van der Waals surface area contributed by atoms with Crippen molar-refractivity contribution >= 4 is 12.9 Å². The van der Waals surface area contributed by atoms with Crippen LogP contribution >= 0.6 is 0 Å². The largest absolute Gasteiger partial charge is 0.483 e. The Hall–Kier alpha value is -1.14. The third kappa shape index (κ3) is 41.5. The van der Waals surface area contributed by atoms with E-state index in [-0.39, 0.29) is 12.9 Å². The fraction of sp³-hybridized carbons (Fsp3) is 0.956. The van der Waals surface area contributed by atoms with Crippen LogP contribution < -0.4 is 0 Å². The number of nitrogens with zero attached hydrogens (tertiary/aromatic N) is 1. The van der Waals surface area contributed by atoms with E-state index in [9.17, 15) is 5.11 Å². The molecule has 0 heterocycles. The highest BCUT2D eigenvalue weighted by molar-refractivity contribution is 5.33. The van der Waals surface area contributed by atoms with Gasteiger partial charge in [0.25, 0.3) is 12.9 Å². The molecule has 1 aliphatic rings. The van der Waals surface area contributed by atoms with Gasteiger partial charge in [-0.1, -0.05) is 213 Å². The number of unbranched alkanes of at least 4 members (excludes halogenated alkanes) is 22. The Balaban J connectivity index is 0. The van der Waals surface area contributed by atoms with Crippen molar-refractivity contribution in [3.63, 3.8) is 0 Å². The second-order valence-corrected chi connectivity index (χ2v) is 15.8. The second kappa shape index (κ2) is 45.0. The summed E-state index contributed by atoms with van der Waals surface area (Å²) in [7, 11) is 0. The van der Waals surface area contributed by atoms with E-state index in [1.165, 1.54) is 219 Å². The molecular weight excluding hydrogens is 634 g/mol. The topological polar surface area (TPSA) is 98.1 Å². The van der Waals surface area contributed by atoms with Crippen molar-refractivity contribution in [2.24, 2.45) is 17.8 Å². The standard InChI is InChI=1S/C43H87NO.2CH2O2/c1-4-7-10-13-18-24-31-41(32-25-19-14-11-8-5-2)33-26-20-15-22-29-36-44(38-39-45)37-30-23-16-21-28-35-43-40-42(43)34-27-17-12-9-6-3;2*2-1-3/h41-43,45H,4-40H2,1-3H3;2*1H,(H,2,3). The van der Waals surface area contributed by atoms with Crippen molar-refractivity contribution in [1.82, 2.24) is 4.90 Å². The van der Waals surface area contributed by atoms with Crippen LogP contribution in [0.3, 0.4) is 0 Å². The molecule has 6 heteroatoms. The van der Waals surface area contributed by atoms with E-state index >= 15 is 0 Å². The number of aliphatic hydroxyl groups is 1. The molecule has 3 N–H and O–H groups in total. The fourth-order valence-electron chi connectivity index (χ4n) is 7.94. The summed E-state index contributed by atoms with van der Waals surface area (Å²) in [6.45, 7) is 10.0. The summed E-state index contributed by atoms with van der Waals surface area (Å²) in [6.07, 6.45) is 47.6. The van der Waals surface area contributed by atoms with Gasteiger partial charge >= 0.3 is 0 Å². The maximum atomic E-state index is 9.59. The van der Waals surface area contributed by atoms with Gasteiger partial charge in [0.1, 0.15) is 0 Å². The van der Waals surface area contributed by atoms with Gasteiger partial charge in [0.05, 0.1) is 6.61 Å². The highest BCUT2D eigenvalue weighted by Gasteiger charge is 2.35. The van der Waals surface area contributed by atoms with E-state index in [0.29, 0.717) is 6.61 Å². The van der Waals surface area contributed by atoms with Crippen molar-refractivity contribution in [3.05, 3.63) is 0 Å². The molecule has 0 radical (unpaired) electrons. The molecule has 1 fully saturated rings. The number of aliphatic hydroxyl groups excluding tert-OH is 1. The Morgan fingerprint density at radius 1 is 0.471 bits per heavy atom. The number of hydrogen-bond donors (Lipinski definition) is 3. The quantitative estimate of drug-likeness (QED) is 0.0433. The minimum atomic E-state index is -0.250. The van der Waals surface area contributed by atoms with Crippen molar-refractivity contribution < 1.29 is 24.9 Å². The highest BCUT2D eigenvalue weighted by Crippen LogP contribution is 2.45. The zero-order valence-corrected chi connectivity index (χ0v) is 34.7. The number of carbonyl (C=O) groups is 2. The first-order valence-corrected chi connectivity index (χ1v) is 22.6. The molecule has 306 valence electrons. The lowest BCUT2D eigenvalue weighted by molar-refractivity contribution is -0.123. The highest BCUT2D eigenvalue weighted by atomic mass is 16.3. The molecule has 0 aliphatic heterocycles. The summed E-state index contributed by atoms with van der Waals surface area (Å²) in [5.41, 5.74) is 0. The second-order valence-electron chi connectivity index (χ2n) is 15.8. The molecule has 6 nitrogen and oxygen atoms in total. The zero-order chi connectivity index (χ0) is 37.9. The molecule has 51 heavy (non-hydrogen) atoms. The van der Waals surface area contributed by atoms with Crippen LogP contribution in [-0.4, -0.2) is 59.4 Å². The van der Waals surface area contributed by atoms with Crippen molar-refractivity contribution in [2.75, 3.05) is 26.2 Å². The number of hydrogen-bond acceptors (Lipinski definition) is 4. The Labute approximate surface area is 318 Å². The van der Waals surface area contributed by atoms with E-state index in [0.717, 1.165) is 24.3 Å². The first kappa shape index (κ1) is 52.0. The van der Waals surface area contributed by atoms with Crippen LogP contribution in [-0.2, 0) is 9.59 Å². The van der Waals surface area contributed by atoms with Crippen LogP contribution in [0.1, 0.15) is 233 Å². The van der Waals surface area contributed by atoms with Gasteiger partial charge in [0, 0.05) is 6.54 Å².